The molecule has 1 aromatic carbocycles. The summed E-state index contributed by atoms with van der Waals surface area (Å²) in [5.74, 6) is 0. The van der Waals surface area contributed by atoms with E-state index in [1.165, 1.54) is 24.1 Å². The minimum Gasteiger partial charge on any atom is -0.392 e. The zero-order valence-electron chi connectivity index (χ0n) is 10.3. The molecule has 0 aromatic heterocycles. The van der Waals surface area contributed by atoms with Crippen LogP contribution in [0.2, 0.25) is 0 Å². The number of halogens is 3. The van der Waals surface area contributed by atoms with Gasteiger partial charge in [-0.2, -0.15) is 13.2 Å². The number of hydrogen-bond donors (Lipinski definition) is 1. The number of methoxy groups -OCH3 is 1. The Morgan fingerprint density at radius 2 is 2.00 bits per heavy atom. The molecule has 102 valence electrons. The van der Waals surface area contributed by atoms with Crippen molar-refractivity contribution >= 4 is 5.69 Å². The van der Waals surface area contributed by atoms with E-state index in [9.17, 15) is 13.2 Å². The number of benzene rings is 1. The highest BCUT2D eigenvalue weighted by Crippen LogP contribution is 2.36. The summed E-state index contributed by atoms with van der Waals surface area (Å²) >= 11 is 0. The van der Waals surface area contributed by atoms with Crippen molar-refractivity contribution in [3.8, 4) is 0 Å². The molecule has 0 aliphatic carbocycles. The molecule has 1 N–H and O–H groups in total. The predicted octanol–water partition coefficient (Wildman–Crippen LogP) is 2.28. The van der Waals surface area contributed by atoms with Crippen LogP contribution in [0.5, 0.6) is 0 Å². The van der Waals surface area contributed by atoms with Gasteiger partial charge < -0.3 is 14.7 Å². The molecule has 0 radical (unpaired) electrons. The summed E-state index contributed by atoms with van der Waals surface area (Å²) in [5, 5.41) is 8.90. The number of aliphatic hydroxyl groups is 1. The topological polar surface area (TPSA) is 32.7 Å². The Kier molecular flexibility index (Phi) is 4.98. The molecule has 0 amide bonds. The van der Waals surface area contributed by atoms with Gasteiger partial charge in [-0.25, -0.2) is 0 Å². The van der Waals surface area contributed by atoms with Gasteiger partial charge in [-0.05, 0) is 17.7 Å². The molecule has 0 unspecified atom stereocenters. The third kappa shape index (κ3) is 3.61. The zero-order valence-corrected chi connectivity index (χ0v) is 10.3. The molecule has 0 aliphatic rings. The van der Waals surface area contributed by atoms with Crippen LogP contribution in [0.4, 0.5) is 18.9 Å². The number of hydrogen-bond acceptors (Lipinski definition) is 3. The number of ether oxygens (including phenoxy) is 1. The minimum atomic E-state index is -4.44. The summed E-state index contributed by atoms with van der Waals surface area (Å²) in [7, 11) is 3.07. The fourth-order valence-electron chi connectivity index (χ4n) is 1.59. The normalized spacial score (nSPS) is 11.7. The molecule has 0 saturated heterocycles. The van der Waals surface area contributed by atoms with Crippen molar-refractivity contribution in [2.75, 3.05) is 32.2 Å². The van der Waals surface area contributed by atoms with E-state index in [-0.39, 0.29) is 11.3 Å². The van der Waals surface area contributed by atoms with E-state index in [1.807, 2.05) is 0 Å². The highest BCUT2D eigenvalue weighted by molar-refractivity contribution is 5.56. The quantitative estimate of drug-likeness (QED) is 0.884. The Labute approximate surface area is 104 Å². The van der Waals surface area contributed by atoms with Crippen molar-refractivity contribution < 1.29 is 23.0 Å². The minimum absolute atomic E-state index is 0.0803. The molecule has 0 aliphatic heterocycles. The van der Waals surface area contributed by atoms with Gasteiger partial charge in [-0.3, -0.25) is 0 Å². The maximum Gasteiger partial charge on any atom is 0.418 e. The van der Waals surface area contributed by atoms with E-state index < -0.39 is 18.3 Å². The molecule has 3 nitrogen and oxygen atoms in total. The lowest BCUT2D eigenvalue weighted by molar-refractivity contribution is -0.137. The average Bonchev–Trinajstić information content (AvgIpc) is 2.34. The summed E-state index contributed by atoms with van der Waals surface area (Å²) in [4.78, 5) is 1.48. The summed E-state index contributed by atoms with van der Waals surface area (Å²) in [6.45, 7) is 0.290. The third-order valence-electron chi connectivity index (χ3n) is 2.59. The SMILES string of the molecule is COCCN(C)c1ccc(CO)cc1C(F)(F)F. The van der Waals surface area contributed by atoms with Gasteiger partial charge in [-0.15, -0.1) is 0 Å². The summed E-state index contributed by atoms with van der Waals surface area (Å²) in [6.07, 6.45) is -4.44. The summed E-state index contributed by atoms with van der Waals surface area (Å²) < 4.78 is 43.6. The molecule has 0 bridgehead atoms. The van der Waals surface area contributed by atoms with Crippen LogP contribution in [0, 0.1) is 0 Å². The van der Waals surface area contributed by atoms with Gasteiger partial charge in [0.25, 0.3) is 0 Å². The van der Waals surface area contributed by atoms with Gasteiger partial charge in [0, 0.05) is 26.4 Å². The zero-order chi connectivity index (χ0) is 13.8. The maximum absolute atomic E-state index is 12.9. The van der Waals surface area contributed by atoms with Crippen LogP contribution in [0.25, 0.3) is 0 Å². The Hall–Kier alpha value is -1.27. The number of alkyl halides is 3. The van der Waals surface area contributed by atoms with Gasteiger partial charge in [0.05, 0.1) is 18.8 Å². The van der Waals surface area contributed by atoms with Crippen LogP contribution in [0.3, 0.4) is 0 Å². The molecule has 0 atom stereocenters. The van der Waals surface area contributed by atoms with Gasteiger partial charge in [0.1, 0.15) is 0 Å². The predicted molar refractivity (Wildman–Crippen MR) is 62.5 cm³/mol. The fourth-order valence-corrected chi connectivity index (χ4v) is 1.59. The van der Waals surface area contributed by atoms with E-state index in [2.05, 4.69) is 0 Å². The van der Waals surface area contributed by atoms with Crippen LogP contribution in [-0.2, 0) is 17.5 Å². The second kappa shape index (κ2) is 6.06. The number of rotatable bonds is 5. The van der Waals surface area contributed by atoms with Gasteiger partial charge >= 0.3 is 6.18 Å². The van der Waals surface area contributed by atoms with E-state index in [1.54, 1.807) is 7.05 Å². The largest absolute Gasteiger partial charge is 0.418 e. The van der Waals surface area contributed by atoms with Crippen LogP contribution in [0.15, 0.2) is 18.2 Å². The van der Waals surface area contributed by atoms with Crippen molar-refractivity contribution in [3.05, 3.63) is 29.3 Å². The third-order valence-corrected chi connectivity index (χ3v) is 2.59. The van der Waals surface area contributed by atoms with Crippen LogP contribution >= 0.6 is 0 Å². The molecule has 1 rings (SSSR count). The van der Waals surface area contributed by atoms with Crippen LogP contribution in [0.1, 0.15) is 11.1 Å². The molecular formula is C12H16F3NO2. The molecule has 6 heteroatoms. The lowest BCUT2D eigenvalue weighted by atomic mass is 10.1. The monoisotopic (exact) mass is 263 g/mol. The Balaban J connectivity index is 3.10. The maximum atomic E-state index is 12.9. The average molecular weight is 263 g/mol. The highest BCUT2D eigenvalue weighted by Gasteiger charge is 2.34. The van der Waals surface area contributed by atoms with Crippen molar-refractivity contribution in [2.24, 2.45) is 0 Å². The first kappa shape index (κ1) is 14.8. The first-order valence-electron chi connectivity index (χ1n) is 5.41. The molecule has 0 heterocycles. The number of nitrogens with zero attached hydrogens (tertiary/aromatic N) is 1. The Morgan fingerprint density at radius 3 is 2.50 bits per heavy atom. The Bertz CT molecular complexity index is 393. The van der Waals surface area contributed by atoms with Gasteiger partial charge in [-0.1, -0.05) is 6.07 Å². The first-order chi connectivity index (χ1) is 8.40. The van der Waals surface area contributed by atoms with Crippen molar-refractivity contribution in [1.29, 1.82) is 0 Å². The molecule has 0 saturated carbocycles. The molecule has 0 fully saturated rings. The lowest BCUT2D eigenvalue weighted by Crippen LogP contribution is -2.25. The van der Waals surface area contributed by atoms with E-state index in [4.69, 9.17) is 9.84 Å². The number of aliphatic hydroxyl groups excluding tert-OH is 1. The standard InChI is InChI=1S/C12H16F3NO2/c1-16(5-6-18-2)11-4-3-9(8-17)7-10(11)12(13,14)15/h3-4,7,17H,5-6,8H2,1-2H3. The molecular weight excluding hydrogens is 247 g/mol. The highest BCUT2D eigenvalue weighted by atomic mass is 19.4. The second-order valence-corrected chi connectivity index (χ2v) is 3.92. The number of likely N-dealkylation sites (N-methyl/N-ethyl adjacent to an activating group) is 1. The van der Waals surface area contributed by atoms with Gasteiger partial charge in [0.2, 0.25) is 0 Å². The second-order valence-electron chi connectivity index (χ2n) is 3.92. The van der Waals surface area contributed by atoms with Crippen molar-refractivity contribution in [3.63, 3.8) is 0 Å². The van der Waals surface area contributed by atoms with Crippen molar-refractivity contribution in [1.82, 2.24) is 0 Å². The van der Waals surface area contributed by atoms with Gasteiger partial charge in [0.15, 0.2) is 0 Å². The Morgan fingerprint density at radius 1 is 1.33 bits per heavy atom. The molecule has 1 aromatic rings. The lowest BCUT2D eigenvalue weighted by Gasteiger charge is -2.23. The molecule has 18 heavy (non-hydrogen) atoms. The smallest absolute Gasteiger partial charge is 0.392 e. The van der Waals surface area contributed by atoms with Crippen LogP contribution < -0.4 is 4.90 Å². The van der Waals surface area contributed by atoms with E-state index >= 15 is 0 Å². The first-order valence-corrected chi connectivity index (χ1v) is 5.41. The van der Waals surface area contributed by atoms with E-state index in [0.717, 1.165) is 6.07 Å². The van der Waals surface area contributed by atoms with E-state index in [0.29, 0.717) is 13.2 Å². The fraction of sp³-hybridized carbons (Fsp3) is 0.500. The van der Waals surface area contributed by atoms with Crippen molar-refractivity contribution in [2.45, 2.75) is 12.8 Å². The molecule has 0 spiro atoms. The van der Waals surface area contributed by atoms with Crippen LogP contribution in [-0.4, -0.2) is 32.4 Å². The summed E-state index contributed by atoms with van der Waals surface area (Å²) in [6, 6.07) is 3.82. The number of anilines is 1. The summed E-state index contributed by atoms with van der Waals surface area (Å²) in [5.41, 5.74) is -0.421.